The summed E-state index contributed by atoms with van der Waals surface area (Å²) in [6.07, 6.45) is 83.1. The second-order valence-corrected chi connectivity index (χ2v) is 24.6. The van der Waals surface area contributed by atoms with E-state index in [0.29, 0.717) is 19.4 Å². The number of esters is 1. The summed E-state index contributed by atoms with van der Waals surface area (Å²) in [5, 5.41) is 23.1. The van der Waals surface area contributed by atoms with Crippen LogP contribution in [0.3, 0.4) is 0 Å². The Morgan fingerprint density at radius 3 is 0.883 bits per heavy atom. The van der Waals surface area contributed by atoms with Crippen LogP contribution in [0.1, 0.15) is 406 Å². The number of nitrogens with one attached hydrogen (secondary N) is 1. The maximum atomic E-state index is 12.4. The lowest BCUT2D eigenvalue weighted by atomic mass is 10.0. The first-order valence-corrected chi connectivity index (χ1v) is 35.5. The first-order chi connectivity index (χ1) is 38.0. The van der Waals surface area contributed by atoms with Gasteiger partial charge in [-0.05, 0) is 32.1 Å². The lowest BCUT2D eigenvalue weighted by molar-refractivity contribution is -0.143. The van der Waals surface area contributed by atoms with Crippen molar-refractivity contribution in [2.45, 2.75) is 418 Å². The normalized spacial score (nSPS) is 12.5. The van der Waals surface area contributed by atoms with E-state index in [4.69, 9.17) is 4.74 Å². The molecule has 6 nitrogen and oxygen atoms in total. The molecule has 0 aromatic carbocycles. The third-order valence-corrected chi connectivity index (χ3v) is 16.8. The van der Waals surface area contributed by atoms with Crippen LogP contribution in [0, 0.1) is 0 Å². The minimum Gasteiger partial charge on any atom is -0.466 e. The largest absolute Gasteiger partial charge is 0.466 e. The molecular formula is C71H139NO5. The summed E-state index contributed by atoms with van der Waals surface area (Å²) in [4.78, 5) is 24.5. The molecule has 0 bridgehead atoms. The van der Waals surface area contributed by atoms with E-state index >= 15 is 0 Å². The van der Waals surface area contributed by atoms with Crippen LogP contribution in [0.5, 0.6) is 0 Å². The van der Waals surface area contributed by atoms with Crippen LogP contribution < -0.4 is 5.32 Å². The molecule has 2 unspecified atom stereocenters. The van der Waals surface area contributed by atoms with E-state index in [0.717, 1.165) is 38.5 Å². The number of aliphatic hydroxyl groups excluding tert-OH is 2. The molecule has 0 aromatic rings. The van der Waals surface area contributed by atoms with Crippen molar-refractivity contribution in [2.24, 2.45) is 0 Å². The van der Waals surface area contributed by atoms with Crippen LogP contribution >= 0.6 is 0 Å². The molecule has 0 saturated heterocycles. The van der Waals surface area contributed by atoms with Crippen LogP contribution in [0.25, 0.3) is 0 Å². The summed E-state index contributed by atoms with van der Waals surface area (Å²) >= 11 is 0. The van der Waals surface area contributed by atoms with Gasteiger partial charge in [0.15, 0.2) is 0 Å². The van der Waals surface area contributed by atoms with Crippen LogP contribution in [-0.4, -0.2) is 47.4 Å². The van der Waals surface area contributed by atoms with Crippen LogP contribution in [-0.2, 0) is 14.3 Å². The van der Waals surface area contributed by atoms with E-state index < -0.39 is 12.1 Å². The van der Waals surface area contributed by atoms with Gasteiger partial charge in [0.1, 0.15) is 0 Å². The molecule has 3 N–H and O–H groups in total. The Labute approximate surface area is 482 Å². The van der Waals surface area contributed by atoms with Gasteiger partial charge in [-0.1, -0.05) is 373 Å². The van der Waals surface area contributed by atoms with E-state index in [1.807, 2.05) is 6.08 Å². The van der Waals surface area contributed by atoms with E-state index in [1.165, 1.54) is 340 Å². The Bertz CT molecular complexity index is 1160. The standard InChI is InChI=1S/C71H139NO5/c1-3-5-7-9-11-13-15-16-17-18-35-38-41-45-49-53-57-61-65-71(76)77-66-62-58-54-50-46-42-39-36-33-31-29-27-25-23-21-19-20-22-24-26-28-30-32-34-37-40-44-48-52-56-60-64-70(75)72-68(67-73)69(74)63-59-55-51-47-43-14-12-10-8-6-4-2/h59,63,68-69,73-74H,3-58,60-62,64-67H2,1-2H3,(H,72,75)/b63-59+. The zero-order chi connectivity index (χ0) is 55.7. The third kappa shape index (κ3) is 63.6. The lowest BCUT2D eigenvalue weighted by Gasteiger charge is -2.20. The molecule has 0 heterocycles. The zero-order valence-electron chi connectivity index (χ0n) is 52.5. The number of hydrogen-bond acceptors (Lipinski definition) is 5. The molecule has 0 spiro atoms. The molecule has 0 aliphatic rings. The zero-order valence-corrected chi connectivity index (χ0v) is 52.5. The second kappa shape index (κ2) is 67.1. The second-order valence-electron chi connectivity index (χ2n) is 24.6. The lowest BCUT2D eigenvalue weighted by Crippen LogP contribution is -2.45. The molecule has 0 radical (unpaired) electrons. The van der Waals surface area contributed by atoms with E-state index in [-0.39, 0.29) is 18.5 Å². The van der Waals surface area contributed by atoms with Gasteiger partial charge in [0, 0.05) is 12.8 Å². The number of hydrogen-bond donors (Lipinski definition) is 3. The van der Waals surface area contributed by atoms with Gasteiger partial charge in [-0.25, -0.2) is 0 Å². The maximum Gasteiger partial charge on any atom is 0.305 e. The fourth-order valence-electron chi connectivity index (χ4n) is 11.4. The molecule has 0 saturated carbocycles. The van der Waals surface area contributed by atoms with Crippen molar-refractivity contribution in [1.29, 1.82) is 0 Å². The molecule has 0 fully saturated rings. The summed E-state index contributed by atoms with van der Waals surface area (Å²) in [6, 6.07) is -0.622. The Kier molecular flexibility index (Phi) is 65.9. The van der Waals surface area contributed by atoms with Gasteiger partial charge in [0.05, 0.1) is 25.4 Å². The minimum absolute atomic E-state index is 0.0256. The average molecular weight is 1090 g/mol. The van der Waals surface area contributed by atoms with Gasteiger partial charge < -0.3 is 20.3 Å². The monoisotopic (exact) mass is 1090 g/mol. The molecule has 1 amide bonds. The number of carbonyl (C=O) groups excluding carboxylic acids is 2. The Hall–Kier alpha value is -1.40. The number of carbonyl (C=O) groups is 2. The van der Waals surface area contributed by atoms with Gasteiger partial charge >= 0.3 is 5.97 Å². The van der Waals surface area contributed by atoms with Gasteiger partial charge in [0.25, 0.3) is 0 Å². The molecule has 458 valence electrons. The molecule has 77 heavy (non-hydrogen) atoms. The molecule has 6 heteroatoms. The van der Waals surface area contributed by atoms with E-state index in [9.17, 15) is 19.8 Å². The van der Waals surface area contributed by atoms with Crippen LogP contribution in [0.4, 0.5) is 0 Å². The molecule has 2 atom stereocenters. The van der Waals surface area contributed by atoms with Crippen molar-refractivity contribution >= 4 is 11.9 Å². The average Bonchev–Trinajstić information content (AvgIpc) is 3.43. The summed E-state index contributed by atoms with van der Waals surface area (Å²) in [7, 11) is 0. The highest BCUT2D eigenvalue weighted by atomic mass is 16.5. The maximum absolute atomic E-state index is 12.4. The van der Waals surface area contributed by atoms with E-state index in [1.54, 1.807) is 6.08 Å². The third-order valence-electron chi connectivity index (χ3n) is 16.8. The SMILES string of the molecule is CCCCCCCCCCC/C=C/C(O)C(CO)NC(=O)CCCCCCCCCCCCCCCCCCCCCCCCCCCCCCCCCOC(=O)CCCCCCCCCCCCCCCCCCCC. The quantitative estimate of drug-likeness (QED) is 0.0320. The first-order valence-electron chi connectivity index (χ1n) is 35.5. The fourth-order valence-corrected chi connectivity index (χ4v) is 11.4. The summed E-state index contributed by atoms with van der Waals surface area (Å²) in [5.74, 6) is -0.0373. The first kappa shape index (κ1) is 75.6. The number of ether oxygens (including phenoxy) is 1. The van der Waals surface area contributed by atoms with Gasteiger partial charge in [-0.2, -0.15) is 0 Å². The molecule has 0 aliphatic carbocycles. The molecule has 0 rings (SSSR count). The number of unbranched alkanes of at least 4 members (excludes halogenated alkanes) is 56. The van der Waals surface area contributed by atoms with E-state index in [2.05, 4.69) is 19.2 Å². The predicted molar refractivity (Wildman–Crippen MR) is 338 cm³/mol. The van der Waals surface area contributed by atoms with Gasteiger partial charge in [-0.3, -0.25) is 9.59 Å². The summed E-state index contributed by atoms with van der Waals surface area (Å²) < 4.78 is 5.51. The summed E-state index contributed by atoms with van der Waals surface area (Å²) in [5.41, 5.74) is 0. The topological polar surface area (TPSA) is 95.9 Å². The highest BCUT2D eigenvalue weighted by molar-refractivity contribution is 5.76. The number of aliphatic hydroxyl groups is 2. The van der Waals surface area contributed by atoms with Crippen molar-refractivity contribution in [3.05, 3.63) is 12.2 Å². The molecule has 0 aromatic heterocycles. The Morgan fingerprint density at radius 1 is 0.351 bits per heavy atom. The fraction of sp³-hybridized carbons (Fsp3) is 0.944. The smallest absolute Gasteiger partial charge is 0.305 e. The number of amides is 1. The summed E-state index contributed by atoms with van der Waals surface area (Å²) in [6.45, 7) is 4.93. The van der Waals surface area contributed by atoms with Crippen molar-refractivity contribution in [3.63, 3.8) is 0 Å². The number of rotatable bonds is 67. The van der Waals surface area contributed by atoms with Crippen LogP contribution in [0.2, 0.25) is 0 Å². The number of allylic oxidation sites excluding steroid dienone is 1. The van der Waals surface area contributed by atoms with Crippen molar-refractivity contribution < 1.29 is 24.5 Å². The van der Waals surface area contributed by atoms with Gasteiger partial charge in [0.2, 0.25) is 5.91 Å². The van der Waals surface area contributed by atoms with Crippen LogP contribution in [0.15, 0.2) is 12.2 Å². The minimum atomic E-state index is -0.839. The highest BCUT2D eigenvalue weighted by Gasteiger charge is 2.18. The van der Waals surface area contributed by atoms with Crippen molar-refractivity contribution in [3.8, 4) is 0 Å². The predicted octanol–water partition coefficient (Wildman–Crippen LogP) is 22.8. The highest BCUT2D eigenvalue weighted by Crippen LogP contribution is 2.19. The van der Waals surface area contributed by atoms with Crippen molar-refractivity contribution in [1.82, 2.24) is 5.32 Å². The van der Waals surface area contributed by atoms with Gasteiger partial charge in [-0.15, -0.1) is 0 Å². The molecular weight excluding hydrogens is 947 g/mol. The van der Waals surface area contributed by atoms with Crippen molar-refractivity contribution in [2.75, 3.05) is 13.2 Å². The molecule has 0 aliphatic heterocycles. The Morgan fingerprint density at radius 2 is 0.597 bits per heavy atom. The Balaban J connectivity index is 3.29.